The summed E-state index contributed by atoms with van der Waals surface area (Å²) in [5.41, 5.74) is 3.03. The van der Waals surface area contributed by atoms with Gasteiger partial charge in [-0.15, -0.1) is 11.3 Å². The molecule has 23 heavy (non-hydrogen) atoms. The first-order valence-corrected chi connectivity index (χ1v) is 8.25. The molecular formula is C17H16N4OS. The van der Waals surface area contributed by atoms with Gasteiger partial charge in [-0.2, -0.15) is 5.26 Å². The van der Waals surface area contributed by atoms with Crippen molar-refractivity contribution in [2.24, 2.45) is 0 Å². The lowest BCUT2D eigenvalue weighted by Crippen LogP contribution is -2.36. The van der Waals surface area contributed by atoms with E-state index in [2.05, 4.69) is 10.3 Å². The zero-order valence-corrected chi connectivity index (χ0v) is 13.6. The van der Waals surface area contributed by atoms with E-state index < -0.39 is 0 Å². The Labute approximate surface area is 138 Å². The third kappa shape index (κ3) is 3.25. The van der Waals surface area contributed by atoms with Crippen LogP contribution in [0.5, 0.6) is 0 Å². The maximum Gasteiger partial charge on any atom is 0.270 e. The van der Waals surface area contributed by atoms with E-state index in [0.29, 0.717) is 11.7 Å². The first-order valence-electron chi connectivity index (χ1n) is 7.38. The van der Waals surface area contributed by atoms with Crippen LogP contribution in [0, 0.1) is 18.3 Å². The highest BCUT2D eigenvalue weighted by Crippen LogP contribution is 2.27. The average molecular weight is 324 g/mol. The summed E-state index contributed by atoms with van der Waals surface area (Å²) in [4.78, 5) is 18.6. The van der Waals surface area contributed by atoms with Crippen LogP contribution in [0.1, 0.15) is 17.7 Å². The number of thiazole rings is 1. The number of aryl methyl sites for hydroxylation is 2. The van der Waals surface area contributed by atoms with Gasteiger partial charge in [0.1, 0.15) is 11.6 Å². The quantitative estimate of drug-likeness (QED) is 0.695. The number of para-hydroxylation sites is 1. The predicted octanol–water partition coefficient (Wildman–Crippen LogP) is 3.25. The van der Waals surface area contributed by atoms with Gasteiger partial charge in [-0.1, -0.05) is 18.2 Å². The van der Waals surface area contributed by atoms with E-state index in [1.54, 1.807) is 4.90 Å². The molecule has 0 bridgehead atoms. The number of anilines is 2. The molecule has 1 aromatic carbocycles. The van der Waals surface area contributed by atoms with E-state index in [4.69, 9.17) is 0 Å². The Hall–Kier alpha value is -2.65. The molecule has 0 unspecified atom stereocenters. The Bertz CT molecular complexity index is 803. The van der Waals surface area contributed by atoms with Gasteiger partial charge in [0.15, 0.2) is 5.13 Å². The summed E-state index contributed by atoms with van der Waals surface area (Å²) in [5.74, 6) is -0.277. The van der Waals surface area contributed by atoms with Crippen molar-refractivity contribution in [2.45, 2.75) is 19.8 Å². The molecule has 1 aromatic heterocycles. The van der Waals surface area contributed by atoms with Crippen LogP contribution in [0.25, 0.3) is 0 Å². The van der Waals surface area contributed by atoms with E-state index in [-0.39, 0.29) is 11.5 Å². The van der Waals surface area contributed by atoms with Gasteiger partial charge in [0.25, 0.3) is 5.91 Å². The zero-order valence-electron chi connectivity index (χ0n) is 12.7. The molecule has 0 saturated carbocycles. The number of carbonyl (C=O) groups is 1. The Kier molecular flexibility index (Phi) is 4.40. The number of rotatable bonds is 3. The summed E-state index contributed by atoms with van der Waals surface area (Å²) < 4.78 is 0. The molecule has 116 valence electrons. The third-order valence-electron chi connectivity index (χ3n) is 3.67. The van der Waals surface area contributed by atoms with Crippen LogP contribution >= 0.6 is 11.3 Å². The summed E-state index contributed by atoms with van der Waals surface area (Å²) in [6, 6.07) is 9.84. The molecule has 5 nitrogen and oxygen atoms in total. The highest BCUT2D eigenvalue weighted by molar-refractivity contribution is 7.13. The molecule has 2 aromatic rings. The van der Waals surface area contributed by atoms with Crippen molar-refractivity contribution in [3.63, 3.8) is 0 Å². The maximum absolute atomic E-state index is 12.7. The van der Waals surface area contributed by atoms with E-state index in [1.807, 2.05) is 42.6 Å². The maximum atomic E-state index is 12.7. The first kappa shape index (κ1) is 15.3. The largest absolute Gasteiger partial charge is 0.337 e. The van der Waals surface area contributed by atoms with E-state index in [1.165, 1.54) is 17.5 Å². The van der Waals surface area contributed by atoms with E-state index in [9.17, 15) is 10.1 Å². The van der Waals surface area contributed by atoms with Crippen LogP contribution in [0.3, 0.4) is 0 Å². The molecule has 0 atom stereocenters. The Balaban J connectivity index is 1.82. The monoisotopic (exact) mass is 324 g/mol. The molecule has 1 amide bonds. The third-order valence-corrected chi connectivity index (χ3v) is 4.56. The molecule has 1 N–H and O–H groups in total. The second-order valence-corrected chi connectivity index (χ2v) is 6.16. The Morgan fingerprint density at radius 3 is 3.04 bits per heavy atom. The van der Waals surface area contributed by atoms with Gasteiger partial charge in [0, 0.05) is 23.8 Å². The summed E-state index contributed by atoms with van der Waals surface area (Å²) in [6.07, 6.45) is 3.31. The second-order valence-electron chi connectivity index (χ2n) is 5.30. The lowest BCUT2D eigenvalue weighted by Gasteiger charge is -2.29. The Morgan fingerprint density at radius 1 is 1.48 bits per heavy atom. The van der Waals surface area contributed by atoms with Gasteiger partial charge in [0.2, 0.25) is 0 Å². The zero-order chi connectivity index (χ0) is 16.2. The Morgan fingerprint density at radius 2 is 2.30 bits per heavy atom. The molecule has 0 aliphatic carbocycles. The molecule has 1 aliphatic heterocycles. The highest BCUT2D eigenvalue weighted by Gasteiger charge is 2.24. The number of hydrogen-bond acceptors (Lipinski definition) is 5. The highest BCUT2D eigenvalue weighted by atomic mass is 32.1. The van der Waals surface area contributed by atoms with E-state index in [0.717, 1.165) is 29.8 Å². The van der Waals surface area contributed by atoms with Crippen LogP contribution in [0.2, 0.25) is 0 Å². The summed E-state index contributed by atoms with van der Waals surface area (Å²) in [5, 5.41) is 14.8. The molecule has 6 heteroatoms. The fourth-order valence-corrected chi connectivity index (χ4v) is 3.24. The van der Waals surface area contributed by atoms with Gasteiger partial charge in [0.05, 0.1) is 5.69 Å². The molecule has 0 saturated heterocycles. The van der Waals surface area contributed by atoms with Crippen LogP contribution in [-0.2, 0) is 11.2 Å². The fraction of sp³-hybridized carbons (Fsp3) is 0.235. The normalized spacial score (nSPS) is 14.1. The van der Waals surface area contributed by atoms with Gasteiger partial charge < -0.3 is 10.2 Å². The minimum Gasteiger partial charge on any atom is -0.337 e. The molecule has 0 radical (unpaired) electrons. The minimum absolute atomic E-state index is 0.0783. The lowest BCUT2D eigenvalue weighted by molar-refractivity contribution is -0.114. The van der Waals surface area contributed by atoms with Gasteiger partial charge in [-0.3, -0.25) is 4.79 Å². The SMILES string of the molecule is Cc1csc(N/C=C(/C#N)C(=O)N2CCCc3ccccc32)n1. The average Bonchev–Trinajstić information content (AvgIpc) is 3.00. The van der Waals surface area contributed by atoms with Crippen molar-refractivity contribution in [1.29, 1.82) is 5.26 Å². The number of hydrogen-bond donors (Lipinski definition) is 1. The van der Waals surface area contributed by atoms with Crippen LogP contribution in [-0.4, -0.2) is 17.4 Å². The lowest BCUT2D eigenvalue weighted by atomic mass is 10.0. The van der Waals surface area contributed by atoms with Crippen LogP contribution < -0.4 is 10.2 Å². The van der Waals surface area contributed by atoms with Gasteiger partial charge in [-0.25, -0.2) is 4.98 Å². The van der Waals surface area contributed by atoms with E-state index >= 15 is 0 Å². The number of carbonyl (C=O) groups excluding carboxylic acids is 1. The van der Waals surface area contributed by atoms with Crippen molar-refractivity contribution < 1.29 is 4.79 Å². The second kappa shape index (κ2) is 6.63. The molecular weight excluding hydrogens is 308 g/mol. The van der Waals surface area contributed by atoms with Crippen molar-refractivity contribution in [3.8, 4) is 6.07 Å². The van der Waals surface area contributed by atoms with Gasteiger partial charge in [-0.05, 0) is 31.4 Å². The summed E-state index contributed by atoms with van der Waals surface area (Å²) >= 11 is 1.44. The molecule has 1 aliphatic rings. The number of nitriles is 1. The van der Waals surface area contributed by atoms with Gasteiger partial charge >= 0.3 is 0 Å². The first-order chi connectivity index (χ1) is 11.2. The van der Waals surface area contributed by atoms with Crippen molar-refractivity contribution >= 4 is 28.1 Å². The predicted molar refractivity (Wildman–Crippen MR) is 91.3 cm³/mol. The molecule has 0 fully saturated rings. The number of nitrogens with zero attached hydrogens (tertiary/aromatic N) is 3. The molecule has 2 heterocycles. The fourth-order valence-electron chi connectivity index (χ4n) is 2.59. The smallest absolute Gasteiger partial charge is 0.270 e. The van der Waals surface area contributed by atoms with Crippen LogP contribution in [0.4, 0.5) is 10.8 Å². The number of fused-ring (bicyclic) bond motifs is 1. The van der Waals surface area contributed by atoms with Crippen molar-refractivity contribution in [2.75, 3.05) is 16.8 Å². The summed E-state index contributed by atoms with van der Waals surface area (Å²) in [6.45, 7) is 2.53. The molecule has 0 spiro atoms. The van der Waals surface area contributed by atoms with Crippen molar-refractivity contribution in [1.82, 2.24) is 4.98 Å². The number of benzene rings is 1. The minimum atomic E-state index is -0.277. The number of amides is 1. The topological polar surface area (TPSA) is 69.0 Å². The molecule has 3 rings (SSSR count). The number of nitrogens with one attached hydrogen (secondary N) is 1. The standard InChI is InChI=1S/C17H16N4OS/c1-12-11-23-17(20-12)19-10-14(9-18)16(22)21-8-4-6-13-5-2-3-7-15(13)21/h2-3,5,7,10-11H,4,6,8H2,1H3,(H,19,20)/b14-10-. The van der Waals surface area contributed by atoms with Crippen LogP contribution in [0.15, 0.2) is 41.4 Å². The summed E-state index contributed by atoms with van der Waals surface area (Å²) in [7, 11) is 0. The number of aromatic nitrogens is 1. The van der Waals surface area contributed by atoms with Crippen molar-refractivity contribution in [3.05, 3.63) is 52.7 Å².